The monoisotopic (exact) mass is 513 g/mol. The van der Waals surface area contributed by atoms with Crippen LogP contribution in [0.15, 0.2) is 12.5 Å². The molecule has 0 aliphatic carbocycles. The Labute approximate surface area is 207 Å². The van der Waals surface area contributed by atoms with Crippen molar-refractivity contribution in [2.75, 3.05) is 12.0 Å². The minimum absolute atomic E-state index is 0.0221. The van der Waals surface area contributed by atoms with Crippen molar-refractivity contribution in [2.24, 2.45) is 17.4 Å². The van der Waals surface area contributed by atoms with Crippen LogP contribution in [0.3, 0.4) is 0 Å². The zero-order valence-electron chi connectivity index (χ0n) is 20.1. The van der Waals surface area contributed by atoms with E-state index in [9.17, 15) is 29.1 Å². The fourth-order valence-electron chi connectivity index (χ4n) is 3.07. The number of nitrogens with one attached hydrogen (secondary N) is 4. The maximum absolute atomic E-state index is 13.1. The molecule has 0 saturated heterocycles. The number of thioether (sulfide) groups is 1. The number of imidazole rings is 1. The van der Waals surface area contributed by atoms with Crippen LogP contribution >= 0.6 is 11.8 Å². The average Bonchev–Trinajstić information content (AvgIpc) is 3.30. The molecule has 4 atom stereocenters. The summed E-state index contributed by atoms with van der Waals surface area (Å²) in [6.45, 7) is 3.46. The summed E-state index contributed by atoms with van der Waals surface area (Å²) in [6.07, 6.45) is 4.71. The van der Waals surface area contributed by atoms with Crippen LogP contribution < -0.4 is 27.4 Å². The number of amides is 4. The molecular formula is C21H35N7O6S. The number of carboxylic acid groups (broad SMARTS) is 1. The van der Waals surface area contributed by atoms with Gasteiger partial charge in [0.25, 0.3) is 0 Å². The molecule has 9 N–H and O–H groups in total. The van der Waals surface area contributed by atoms with E-state index in [2.05, 4.69) is 25.9 Å². The first kappa shape index (κ1) is 29.9. The highest BCUT2D eigenvalue weighted by Crippen LogP contribution is 2.08. The van der Waals surface area contributed by atoms with Crippen LogP contribution in [0.5, 0.6) is 0 Å². The van der Waals surface area contributed by atoms with Crippen LogP contribution in [0.1, 0.15) is 38.8 Å². The van der Waals surface area contributed by atoms with E-state index in [-0.39, 0.29) is 25.2 Å². The van der Waals surface area contributed by atoms with Gasteiger partial charge in [0.15, 0.2) is 0 Å². The number of primary amides is 1. The Kier molecular flexibility index (Phi) is 12.8. The molecule has 4 unspecified atom stereocenters. The van der Waals surface area contributed by atoms with Gasteiger partial charge in [0.05, 0.1) is 12.4 Å². The lowest BCUT2D eigenvalue weighted by molar-refractivity contribution is -0.142. The van der Waals surface area contributed by atoms with Gasteiger partial charge in [0, 0.05) is 24.7 Å². The van der Waals surface area contributed by atoms with Crippen molar-refractivity contribution in [3.8, 4) is 0 Å². The van der Waals surface area contributed by atoms with Gasteiger partial charge < -0.3 is 37.5 Å². The van der Waals surface area contributed by atoms with Gasteiger partial charge in [-0.3, -0.25) is 19.2 Å². The largest absolute Gasteiger partial charge is 0.480 e. The number of aromatic amines is 1. The molecule has 0 bridgehead atoms. The second kappa shape index (κ2) is 15.0. The average molecular weight is 514 g/mol. The molecule has 13 nitrogen and oxygen atoms in total. The van der Waals surface area contributed by atoms with Gasteiger partial charge in [-0.1, -0.05) is 13.8 Å². The van der Waals surface area contributed by atoms with Crippen molar-refractivity contribution < 1.29 is 29.1 Å². The number of nitrogens with zero attached hydrogens (tertiary/aromatic N) is 1. The van der Waals surface area contributed by atoms with E-state index in [1.165, 1.54) is 12.5 Å². The molecule has 4 amide bonds. The third kappa shape index (κ3) is 10.8. The SMILES string of the molecule is CSCCC(N)C(=O)NC(C(=O)NC(Cc1cnc[nH]1)C(=O)NC(CCC(N)=O)C(=O)O)C(C)C. The van der Waals surface area contributed by atoms with Crippen molar-refractivity contribution in [3.05, 3.63) is 18.2 Å². The molecule has 14 heteroatoms. The quantitative estimate of drug-likeness (QED) is 0.136. The first-order chi connectivity index (χ1) is 16.5. The molecule has 0 aliphatic heterocycles. The summed E-state index contributed by atoms with van der Waals surface area (Å²) in [5, 5.41) is 17.0. The maximum atomic E-state index is 13.1. The minimum Gasteiger partial charge on any atom is -0.480 e. The number of carbonyl (C=O) groups excluding carboxylic acids is 4. The number of aliphatic carboxylic acids is 1. The summed E-state index contributed by atoms with van der Waals surface area (Å²) >= 11 is 1.54. The van der Waals surface area contributed by atoms with Crippen molar-refractivity contribution in [1.29, 1.82) is 0 Å². The Morgan fingerprint density at radius 2 is 1.71 bits per heavy atom. The number of carbonyl (C=O) groups is 5. The predicted molar refractivity (Wildman–Crippen MR) is 130 cm³/mol. The van der Waals surface area contributed by atoms with Crippen LogP contribution in [-0.4, -0.2) is 80.8 Å². The number of nitrogens with two attached hydrogens (primary N) is 2. The zero-order chi connectivity index (χ0) is 26.5. The number of H-pyrrole nitrogens is 1. The first-order valence-corrected chi connectivity index (χ1v) is 12.5. The number of hydrogen-bond acceptors (Lipinski definition) is 8. The van der Waals surface area contributed by atoms with Crippen LogP contribution in [0, 0.1) is 5.92 Å². The van der Waals surface area contributed by atoms with E-state index < -0.39 is 53.8 Å². The van der Waals surface area contributed by atoms with Gasteiger partial charge in [-0.15, -0.1) is 0 Å². The molecule has 1 rings (SSSR count). The van der Waals surface area contributed by atoms with Crippen LogP contribution in [0.25, 0.3) is 0 Å². The third-order valence-electron chi connectivity index (χ3n) is 5.12. The van der Waals surface area contributed by atoms with E-state index in [0.29, 0.717) is 17.9 Å². The molecule has 1 aromatic heterocycles. The van der Waals surface area contributed by atoms with E-state index in [4.69, 9.17) is 11.5 Å². The number of hydrogen-bond donors (Lipinski definition) is 7. The normalized spacial score (nSPS) is 14.4. The molecule has 0 aromatic carbocycles. The minimum atomic E-state index is -1.38. The molecule has 0 fully saturated rings. The molecule has 1 heterocycles. The number of carboxylic acids is 1. The van der Waals surface area contributed by atoms with Crippen molar-refractivity contribution in [1.82, 2.24) is 25.9 Å². The highest BCUT2D eigenvalue weighted by Gasteiger charge is 2.32. The van der Waals surface area contributed by atoms with Crippen molar-refractivity contribution >= 4 is 41.4 Å². The molecule has 0 saturated carbocycles. The van der Waals surface area contributed by atoms with Gasteiger partial charge in [-0.25, -0.2) is 9.78 Å². The number of rotatable bonds is 16. The van der Waals surface area contributed by atoms with Gasteiger partial charge in [-0.05, 0) is 30.8 Å². The highest BCUT2D eigenvalue weighted by atomic mass is 32.2. The zero-order valence-corrected chi connectivity index (χ0v) is 20.9. The summed E-state index contributed by atoms with van der Waals surface area (Å²) in [7, 11) is 0. The predicted octanol–water partition coefficient (Wildman–Crippen LogP) is -1.51. The molecular weight excluding hydrogens is 478 g/mol. The van der Waals surface area contributed by atoms with Crippen LogP contribution in [-0.2, 0) is 30.4 Å². The topological polar surface area (TPSA) is 222 Å². The van der Waals surface area contributed by atoms with E-state index in [1.807, 2.05) is 6.26 Å². The van der Waals surface area contributed by atoms with Crippen LogP contribution in [0.2, 0.25) is 0 Å². The molecule has 35 heavy (non-hydrogen) atoms. The smallest absolute Gasteiger partial charge is 0.326 e. The van der Waals surface area contributed by atoms with Gasteiger partial charge in [0.2, 0.25) is 23.6 Å². The standard InChI is InChI=1S/C21H35N7O6S/c1-11(2)17(28-18(30)13(22)6-7-35-3)20(32)27-15(8-12-9-24-10-25-12)19(31)26-14(21(33)34)4-5-16(23)29/h9-11,13-15,17H,4-8,22H2,1-3H3,(H2,23,29)(H,24,25)(H,26,31)(H,27,32)(H,28,30)(H,33,34). The fraction of sp³-hybridized carbons (Fsp3) is 0.619. The highest BCUT2D eigenvalue weighted by molar-refractivity contribution is 7.98. The molecule has 0 aliphatic rings. The Bertz CT molecular complexity index is 864. The Hall–Kier alpha value is -3.13. The van der Waals surface area contributed by atoms with E-state index in [1.54, 1.807) is 25.6 Å². The summed E-state index contributed by atoms with van der Waals surface area (Å²) in [5.41, 5.74) is 11.5. The fourth-order valence-corrected chi connectivity index (χ4v) is 3.56. The van der Waals surface area contributed by atoms with Crippen LogP contribution in [0.4, 0.5) is 0 Å². The molecule has 196 valence electrons. The molecule has 0 radical (unpaired) electrons. The third-order valence-corrected chi connectivity index (χ3v) is 5.77. The Balaban J connectivity index is 3.00. The van der Waals surface area contributed by atoms with Gasteiger partial charge >= 0.3 is 5.97 Å². The number of aromatic nitrogens is 2. The lowest BCUT2D eigenvalue weighted by Gasteiger charge is -2.27. The van der Waals surface area contributed by atoms with Crippen molar-refractivity contribution in [3.63, 3.8) is 0 Å². The molecule has 0 spiro atoms. The lowest BCUT2D eigenvalue weighted by Crippen LogP contribution is -2.59. The van der Waals surface area contributed by atoms with E-state index >= 15 is 0 Å². The Morgan fingerprint density at radius 3 is 2.23 bits per heavy atom. The second-order valence-corrected chi connectivity index (χ2v) is 9.35. The second-order valence-electron chi connectivity index (χ2n) is 8.36. The van der Waals surface area contributed by atoms with Crippen molar-refractivity contribution in [2.45, 2.75) is 63.7 Å². The van der Waals surface area contributed by atoms with Gasteiger partial charge in [0.1, 0.15) is 18.1 Å². The lowest BCUT2D eigenvalue weighted by atomic mass is 10.0. The maximum Gasteiger partial charge on any atom is 0.326 e. The summed E-state index contributed by atoms with van der Waals surface area (Å²) in [6, 6.07) is -4.35. The van der Waals surface area contributed by atoms with Gasteiger partial charge in [-0.2, -0.15) is 11.8 Å². The van der Waals surface area contributed by atoms with E-state index in [0.717, 1.165) is 0 Å². The summed E-state index contributed by atoms with van der Waals surface area (Å²) in [4.78, 5) is 67.8. The first-order valence-electron chi connectivity index (χ1n) is 11.1. The molecule has 1 aromatic rings. The summed E-state index contributed by atoms with van der Waals surface area (Å²) < 4.78 is 0. The summed E-state index contributed by atoms with van der Waals surface area (Å²) in [5.74, 6) is -3.61. The Morgan fingerprint density at radius 1 is 1.06 bits per heavy atom.